The van der Waals surface area contributed by atoms with Crippen molar-refractivity contribution in [2.45, 2.75) is 45.6 Å². The molecule has 1 heterocycles. The van der Waals surface area contributed by atoms with Crippen LogP contribution in [-0.4, -0.2) is 35.6 Å². The molecule has 1 aromatic heterocycles. The van der Waals surface area contributed by atoms with Gasteiger partial charge >= 0.3 is 0 Å². The van der Waals surface area contributed by atoms with E-state index in [1.165, 1.54) is 31.2 Å². The number of nitrogens with one attached hydrogen (secondary N) is 2. The van der Waals surface area contributed by atoms with Crippen LogP contribution in [0.3, 0.4) is 0 Å². The Balaban J connectivity index is 1.73. The van der Waals surface area contributed by atoms with Crippen LogP contribution in [0.5, 0.6) is 0 Å². The normalized spacial score (nSPS) is 11.5. The Bertz CT molecular complexity index is 618. The Labute approximate surface area is 151 Å². The van der Waals surface area contributed by atoms with Gasteiger partial charge in [0.1, 0.15) is 5.82 Å². The largest absolute Gasteiger partial charge is 0.356 e. The summed E-state index contributed by atoms with van der Waals surface area (Å²) in [5.41, 5.74) is 1.29. The lowest BCUT2D eigenvalue weighted by molar-refractivity contribution is 0.644. The SMILES string of the molecule is CCCCCCNC(=NC)NCCc1nccn1Cc1ccccc1. The molecule has 5 heteroatoms. The van der Waals surface area contributed by atoms with Crippen LogP contribution in [0.15, 0.2) is 47.7 Å². The molecule has 0 radical (unpaired) electrons. The van der Waals surface area contributed by atoms with Crippen molar-refractivity contribution >= 4 is 5.96 Å². The number of aliphatic imine (C=N–C) groups is 1. The van der Waals surface area contributed by atoms with Crippen LogP contribution in [0.25, 0.3) is 0 Å². The predicted octanol–water partition coefficient (Wildman–Crippen LogP) is 3.22. The number of aromatic nitrogens is 2. The molecule has 0 saturated heterocycles. The fourth-order valence-corrected chi connectivity index (χ4v) is 2.76. The maximum absolute atomic E-state index is 4.49. The highest BCUT2D eigenvalue weighted by Gasteiger charge is 2.04. The molecular formula is C20H31N5. The van der Waals surface area contributed by atoms with Crippen LogP contribution < -0.4 is 10.6 Å². The average Bonchev–Trinajstić information content (AvgIpc) is 3.08. The van der Waals surface area contributed by atoms with Gasteiger partial charge in [-0.15, -0.1) is 0 Å². The van der Waals surface area contributed by atoms with Gasteiger partial charge in [-0.05, 0) is 12.0 Å². The highest BCUT2D eigenvalue weighted by molar-refractivity contribution is 5.79. The molecule has 2 rings (SSSR count). The zero-order chi connectivity index (χ0) is 17.7. The summed E-state index contributed by atoms with van der Waals surface area (Å²) in [4.78, 5) is 8.78. The molecule has 0 amide bonds. The number of hydrogen-bond donors (Lipinski definition) is 2. The van der Waals surface area contributed by atoms with Crippen molar-refractivity contribution < 1.29 is 0 Å². The lowest BCUT2D eigenvalue weighted by Gasteiger charge is -2.12. The summed E-state index contributed by atoms with van der Waals surface area (Å²) in [6.45, 7) is 4.89. The van der Waals surface area contributed by atoms with Gasteiger partial charge in [0.15, 0.2) is 5.96 Å². The molecule has 0 atom stereocenters. The molecule has 2 N–H and O–H groups in total. The van der Waals surface area contributed by atoms with Gasteiger partial charge in [-0.1, -0.05) is 56.5 Å². The lowest BCUT2D eigenvalue weighted by atomic mass is 10.2. The van der Waals surface area contributed by atoms with E-state index in [1.54, 1.807) is 0 Å². The molecule has 0 spiro atoms. The molecule has 0 bridgehead atoms. The minimum Gasteiger partial charge on any atom is -0.356 e. The van der Waals surface area contributed by atoms with Crippen molar-refractivity contribution in [1.29, 1.82) is 0 Å². The van der Waals surface area contributed by atoms with Gasteiger partial charge in [0.2, 0.25) is 0 Å². The Kier molecular flexibility index (Phi) is 8.59. The highest BCUT2D eigenvalue weighted by atomic mass is 15.2. The summed E-state index contributed by atoms with van der Waals surface area (Å²) in [5, 5.41) is 6.75. The van der Waals surface area contributed by atoms with Gasteiger partial charge in [0, 0.05) is 45.5 Å². The first-order valence-corrected chi connectivity index (χ1v) is 9.32. The molecular weight excluding hydrogens is 310 g/mol. The molecule has 1 aromatic carbocycles. The van der Waals surface area contributed by atoms with Gasteiger partial charge in [-0.25, -0.2) is 4.98 Å². The number of unbranched alkanes of at least 4 members (excludes halogenated alkanes) is 3. The molecule has 25 heavy (non-hydrogen) atoms. The number of hydrogen-bond acceptors (Lipinski definition) is 2. The molecule has 0 aliphatic heterocycles. The van der Waals surface area contributed by atoms with Crippen LogP contribution in [0.4, 0.5) is 0 Å². The lowest BCUT2D eigenvalue weighted by Crippen LogP contribution is -2.38. The van der Waals surface area contributed by atoms with E-state index in [9.17, 15) is 0 Å². The van der Waals surface area contributed by atoms with Crippen molar-refractivity contribution in [3.8, 4) is 0 Å². The first kappa shape index (κ1) is 19.0. The van der Waals surface area contributed by atoms with E-state index >= 15 is 0 Å². The Morgan fingerprint density at radius 3 is 2.64 bits per heavy atom. The molecule has 0 aliphatic carbocycles. The smallest absolute Gasteiger partial charge is 0.190 e. The fraction of sp³-hybridized carbons (Fsp3) is 0.500. The van der Waals surface area contributed by atoms with E-state index in [2.05, 4.69) is 56.4 Å². The summed E-state index contributed by atoms with van der Waals surface area (Å²) >= 11 is 0. The summed E-state index contributed by atoms with van der Waals surface area (Å²) < 4.78 is 2.21. The monoisotopic (exact) mass is 341 g/mol. The van der Waals surface area contributed by atoms with E-state index < -0.39 is 0 Å². The maximum Gasteiger partial charge on any atom is 0.190 e. The van der Waals surface area contributed by atoms with Gasteiger partial charge < -0.3 is 15.2 Å². The second-order valence-electron chi connectivity index (χ2n) is 6.19. The van der Waals surface area contributed by atoms with Gasteiger partial charge in [0.05, 0.1) is 0 Å². The molecule has 136 valence electrons. The molecule has 0 unspecified atom stereocenters. The Morgan fingerprint density at radius 1 is 1.08 bits per heavy atom. The topological polar surface area (TPSA) is 54.2 Å². The summed E-state index contributed by atoms with van der Waals surface area (Å²) in [6, 6.07) is 10.5. The van der Waals surface area contributed by atoms with E-state index in [1.807, 2.05) is 25.5 Å². The second-order valence-corrected chi connectivity index (χ2v) is 6.19. The minimum absolute atomic E-state index is 0.820. The van der Waals surface area contributed by atoms with Crippen LogP contribution in [0, 0.1) is 0 Å². The second kappa shape index (κ2) is 11.3. The molecule has 2 aromatic rings. The molecule has 0 aliphatic rings. The van der Waals surface area contributed by atoms with Crippen LogP contribution >= 0.6 is 0 Å². The standard InChI is InChI=1S/C20H31N5/c1-3-4-5-9-13-23-20(21-2)24-14-12-19-22-15-16-25(19)17-18-10-7-6-8-11-18/h6-8,10-11,15-16H,3-5,9,12-14,17H2,1-2H3,(H2,21,23,24). The Hall–Kier alpha value is -2.30. The van der Waals surface area contributed by atoms with Crippen molar-refractivity contribution in [2.75, 3.05) is 20.1 Å². The third-order valence-electron chi connectivity index (χ3n) is 4.18. The van der Waals surface area contributed by atoms with Crippen LogP contribution in [0.1, 0.15) is 44.0 Å². The third kappa shape index (κ3) is 6.99. The molecule has 5 nitrogen and oxygen atoms in total. The van der Waals surface area contributed by atoms with Gasteiger partial charge in [0.25, 0.3) is 0 Å². The fourth-order valence-electron chi connectivity index (χ4n) is 2.76. The molecule has 0 saturated carbocycles. The zero-order valence-corrected chi connectivity index (χ0v) is 15.5. The summed E-state index contributed by atoms with van der Waals surface area (Å²) in [5.74, 6) is 1.97. The molecule has 0 fully saturated rings. The van der Waals surface area contributed by atoms with Crippen molar-refractivity contribution in [1.82, 2.24) is 20.2 Å². The van der Waals surface area contributed by atoms with Crippen molar-refractivity contribution in [3.05, 3.63) is 54.1 Å². The van der Waals surface area contributed by atoms with E-state index in [-0.39, 0.29) is 0 Å². The number of benzene rings is 1. The van der Waals surface area contributed by atoms with E-state index in [0.717, 1.165) is 37.8 Å². The third-order valence-corrected chi connectivity index (χ3v) is 4.18. The highest BCUT2D eigenvalue weighted by Crippen LogP contribution is 2.05. The first-order valence-electron chi connectivity index (χ1n) is 9.32. The quantitative estimate of drug-likeness (QED) is 0.396. The van der Waals surface area contributed by atoms with Crippen LogP contribution in [-0.2, 0) is 13.0 Å². The first-order chi connectivity index (χ1) is 12.3. The van der Waals surface area contributed by atoms with E-state index in [0.29, 0.717) is 0 Å². The zero-order valence-electron chi connectivity index (χ0n) is 15.5. The average molecular weight is 342 g/mol. The number of imidazole rings is 1. The summed E-state index contributed by atoms with van der Waals surface area (Å²) in [7, 11) is 1.82. The number of nitrogens with zero attached hydrogens (tertiary/aromatic N) is 3. The van der Waals surface area contributed by atoms with Crippen LogP contribution in [0.2, 0.25) is 0 Å². The predicted molar refractivity (Wildman–Crippen MR) is 105 cm³/mol. The minimum atomic E-state index is 0.820. The summed E-state index contributed by atoms with van der Waals surface area (Å²) in [6.07, 6.45) is 9.83. The van der Waals surface area contributed by atoms with Crippen molar-refractivity contribution in [2.24, 2.45) is 4.99 Å². The van der Waals surface area contributed by atoms with Gasteiger partial charge in [-0.3, -0.25) is 4.99 Å². The Morgan fingerprint density at radius 2 is 1.88 bits per heavy atom. The number of rotatable bonds is 10. The maximum atomic E-state index is 4.49. The number of guanidine groups is 1. The van der Waals surface area contributed by atoms with E-state index in [4.69, 9.17) is 0 Å². The van der Waals surface area contributed by atoms with Gasteiger partial charge in [-0.2, -0.15) is 0 Å². The van der Waals surface area contributed by atoms with Crippen molar-refractivity contribution in [3.63, 3.8) is 0 Å².